The van der Waals surface area contributed by atoms with Gasteiger partial charge in [0, 0.05) is 11.3 Å². The van der Waals surface area contributed by atoms with Crippen LogP contribution >= 0.6 is 23.1 Å². The van der Waals surface area contributed by atoms with Gasteiger partial charge in [-0.1, -0.05) is 36.0 Å². The highest BCUT2D eigenvalue weighted by molar-refractivity contribution is 7.99. The van der Waals surface area contributed by atoms with Gasteiger partial charge in [0.25, 0.3) is 5.91 Å². The molecule has 4 rings (SSSR count). The van der Waals surface area contributed by atoms with Crippen LogP contribution in [0.2, 0.25) is 0 Å². The van der Waals surface area contributed by atoms with E-state index in [4.69, 9.17) is 0 Å². The molecule has 0 atom stereocenters. The average molecular weight is 454 g/mol. The lowest BCUT2D eigenvalue weighted by Gasteiger charge is -2.10. The lowest BCUT2D eigenvalue weighted by molar-refractivity contribution is -0.119. The normalized spacial score (nSPS) is 10.6. The molecule has 4 aromatic rings. The number of carbonyl (C=O) groups is 2. The van der Waals surface area contributed by atoms with Gasteiger partial charge in [-0.15, -0.1) is 21.5 Å². The zero-order valence-corrected chi connectivity index (χ0v) is 17.6. The van der Waals surface area contributed by atoms with E-state index in [0.717, 1.165) is 5.69 Å². The summed E-state index contributed by atoms with van der Waals surface area (Å²) in [6, 6.07) is 18.8. The summed E-state index contributed by atoms with van der Waals surface area (Å²) in [5.74, 6) is -0.565. The Morgan fingerprint density at radius 1 is 0.968 bits per heavy atom. The van der Waals surface area contributed by atoms with E-state index >= 15 is 0 Å². The van der Waals surface area contributed by atoms with Gasteiger partial charge >= 0.3 is 0 Å². The fraction of sp³-hybridized carbons (Fsp3) is 0.0476. The Hall–Kier alpha value is -3.50. The molecule has 0 fully saturated rings. The van der Waals surface area contributed by atoms with Gasteiger partial charge in [-0.3, -0.25) is 25.0 Å². The van der Waals surface area contributed by atoms with Crippen molar-refractivity contribution < 1.29 is 14.0 Å². The lowest BCUT2D eigenvalue weighted by Crippen LogP contribution is -2.42. The quantitative estimate of drug-likeness (QED) is 0.343. The number of hydrogen-bond donors (Lipinski definition) is 2. The number of amides is 2. The summed E-state index contributed by atoms with van der Waals surface area (Å²) in [5.41, 5.74) is 6.28. The number of nitrogens with one attached hydrogen (secondary N) is 2. The molecule has 0 spiro atoms. The number of carbonyl (C=O) groups excluding carboxylic acids is 2. The molecule has 10 heteroatoms. The number of aromatic nitrogens is 3. The number of hydrogen-bond acceptors (Lipinski definition) is 6. The van der Waals surface area contributed by atoms with Crippen LogP contribution in [0.5, 0.6) is 0 Å². The lowest BCUT2D eigenvalue weighted by atomic mass is 10.2. The molecule has 2 aromatic carbocycles. The molecule has 2 N–H and O–H groups in total. The minimum absolute atomic E-state index is 0.0130. The Kier molecular flexibility index (Phi) is 6.39. The first kappa shape index (κ1) is 20.8. The fourth-order valence-electron chi connectivity index (χ4n) is 2.72. The SMILES string of the molecule is O=C(CSc1nnc(-c2ccc(F)cc2)n1-c1ccccc1)NNC(=O)c1cccs1. The number of hydrazine groups is 1. The van der Waals surface area contributed by atoms with Gasteiger partial charge in [-0.05, 0) is 47.8 Å². The van der Waals surface area contributed by atoms with Gasteiger partial charge in [0.15, 0.2) is 11.0 Å². The second kappa shape index (κ2) is 9.54. The van der Waals surface area contributed by atoms with Crippen LogP contribution in [-0.4, -0.2) is 32.3 Å². The van der Waals surface area contributed by atoms with Crippen molar-refractivity contribution in [1.29, 1.82) is 0 Å². The van der Waals surface area contributed by atoms with Gasteiger partial charge in [0.2, 0.25) is 5.91 Å². The van der Waals surface area contributed by atoms with Gasteiger partial charge in [0.1, 0.15) is 5.82 Å². The molecular formula is C21H16FN5O2S2. The Morgan fingerprint density at radius 2 is 1.74 bits per heavy atom. The molecule has 2 aromatic heterocycles. The van der Waals surface area contributed by atoms with Gasteiger partial charge < -0.3 is 0 Å². The standard InChI is InChI=1S/C21H16FN5O2S2/c22-15-10-8-14(9-11-15)19-24-26-21(27(19)16-5-2-1-3-6-16)31-13-18(28)23-25-20(29)17-7-4-12-30-17/h1-12H,13H2,(H,23,28)(H,25,29). The van der Waals surface area contributed by atoms with Crippen molar-refractivity contribution >= 4 is 34.9 Å². The number of thiophene rings is 1. The van der Waals surface area contributed by atoms with E-state index in [1.54, 1.807) is 34.2 Å². The first-order chi connectivity index (χ1) is 15.1. The average Bonchev–Trinajstić information content (AvgIpc) is 3.47. The van der Waals surface area contributed by atoms with Gasteiger partial charge in [-0.25, -0.2) is 4.39 Å². The molecule has 0 radical (unpaired) electrons. The van der Waals surface area contributed by atoms with Crippen LogP contribution in [0.25, 0.3) is 17.1 Å². The summed E-state index contributed by atoms with van der Waals surface area (Å²) in [6.45, 7) is 0. The largest absolute Gasteiger partial charge is 0.279 e. The van der Waals surface area contributed by atoms with Crippen LogP contribution in [-0.2, 0) is 4.79 Å². The number of halogens is 1. The molecule has 0 bridgehead atoms. The highest BCUT2D eigenvalue weighted by Gasteiger charge is 2.17. The fourth-order valence-corrected chi connectivity index (χ4v) is 4.09. The predicted octanol–water partition coefficient (Wildman–Crippen LogP) is 3.69. The smallest absolute Gasteiger partial charge is 0.272 e. The Bertz CT molecular complexity index is 1180. The topological polar surface area (TPSA) is 88.9 Å². The highest BCUT2D eigenvalue weighted by atomic mass is 32.2. The first-order valence-electron chi connectivity index (χ1n) is 9.14. The van der Waals surface area contributed by atoms with Crippen molar-refractivity contribution in [3.63, 3.8) is 0 Å². The molecule has 31 heavy (non-hydrogen) atoms. The van der Waals surface area contributed by atoms with E-state index < -0.39 is 0 Å². The summed E-state index contributed by atoms with van der Waals surface area (Å²) in [5, 5.41) is 10.7. The van der Waals surface area contributed by atoms with Crippen LogP contribution < -0.4 is 10.9 Å². The summed E-state index contributed by atoms with van der Waals surface area (Å²) in [7, 11) is 0. The third-order valence-corrected chi connectivity index (χ3v) is 5.94. The van der Waals surface area contributed by atoms with Crippen LogP contribution in [0, 0.1) is 5.82 Å². The maximum Gasteiger partial charge on any atom is 0.279 e. The maximum atomic E-state index is 13.3. The van der Waals surface area contributed by atoms with E-state index in [1.807, 2.05) is 30.3 Å². The second-order valence-corrected chi connectivity index (χ2v) is 8.14. The maximum absolute atomic E-state index is 13.3. The Labute approximate surface area is 185 Å². The zero-order chi connectivity index (χ0) is 21.6. The minimum Gasteiger partial charge on any atom is -0.272 e. The van der Waals surface area contributed by atoms with Crippen LogP contribution in [0.4, 0.5) is 4.39 Å². The Morgan fingerprint density at radius 3 is 2.45 bits per heavy atom. The first-order valence-corrected chi connectivity index (χ1v) is 11.0. The van der Waals surface area contributed by atoms with Crippen molar-refractivity contribution in [2.45, 2.75) is 5.16 Å². The number of nitrogens with zero attached hydrogens (tertiary/aromatic N) is 3. The van der Waals surface area contributed by atoms with Crippen molar-refractivity contribution in [2.75, 3.05) is 5.75 Å². The van der Waals surface area contributed by atoms with Crippen LogP contribution in [0.1, 0.15) is 9.67 Å². The molecule has 0 aliphatic heterocycles. The van der Waals surface area contributed by atoms with E-state index in [9.17, 15) is 14.0 Å². The van der Waals surface area contributed by atoms with Gasteiger partial charge in [0.05, 0.1) is 10.6 Å². The molecule has 2 heterocycles. The highest BCUT2D eigenvalue weighted by Crippen LogP contribution is 2.28. The number of benzene rings is 2. The molecule has 0 saturated carbocycles. The molecule has 0 aliphatic carbocycles. The van der Waals surface area contributed by atoms with Crippen LogP contribution in [0.15, 0.2) is 77.3 Å². The number of para-hydroxylation sites is 1. The van der Waals surface area contributed by atoms with Gasteiger partial charge in [-0.2, -0.15) is 0 Å². The third-order valence-electron chi connectivity index (χ3n) is 4.14. The monoisotopic (exact) mass is 453 g/mol. The van der Waals surface area contributed by atoms with Crippen molar-refractivity contribution in [3.8, 4) is 17.1 Å². The van der Waals surface area contributed by atoms with Crippen LogP contribution in [0.3, 0.4) is 0 Å². The van der Waals surface area contributed by atoms with Crippen molar-refractivity contribution in [3.05, 3.63) is 82.8 Å². The molecule has 7 nitrogen and oxygen atoms in total. The van der Waals surface area contributed by atoms with E-state index in [2.05, 4.69) is 21.0 Å². The van der Waals surface area contributed by atoms with Crippen molar-refractivity contribution in [2.24, 2.45) is 0 Å². The summed E-state index contributed by atoms with van der Waals surface area (Å²) < 4.78 is 15.1. The van der Waals surface area contributed by atoms with E-state index in [1.165, 1.54) is 35.2 Å². The predicted molar refractivity (Wildman–Crippen MR) is 117 cm³/mol. The summed E-state index contributed by atoms with van der Waals surface area (Å²) in [4.78, 5) is 24.6. The molecule has 0 saturated heterocycles. The molecular weight excluding hydrogens is 437 g/mol. The van der Waals surface area contributed by atoms with E-state index in [-0.39, 0.29) is 23.4 Å². The second-order valence-electron chi connectivity index (χ2n) is 6.25. The number of rotatable bonds is 6. The molecule has 0 unspecified atom stereocenters. The summed E-state index contributed by atoms with van der Waals surface area (Å²) in [6.07, 6.45) is 0. The minimum atomic E-state index is -0.388. The zero-order valence-electron chi connectivity index (χ0n) is 16.0. The summed E-state index contributed by atoms with van der Waals surface area (Å²) >= 11 is 2.45. The molecule has 156 valence electrons. The van der Waals surface area contributed by atoms with Crippen molar-refractivity contribution in [1.82, 2.24) is 25.6 Å². The Balaban J connectivity index is 1.49. The molecule has 2 amide bonds. The molecule has 0 aliphatic rings. The van der Waals surface area contributed by atoms with E-state index in [0.29, 0.717) is 21.4 Å². The third kappa shape index (κ3) is 4.98. The number of thioether (sulfide) groups is 1.